The Labute approximate surface area is 100 Å². The second kappa shape index (κ2) is 4.31. The van der Waals surface area contributed by atoms with Crippen LogP contribution in [-0.4, -0.2) is 32.8 Å². The van der Waals surface area contributed by atoms with E-state index in [-0.39, 0.29) is 0 Å². The molecule has 90 valence electrons. The van der Waals surface area contributed by atoms with Crippen molar-refractivity contribution >= 4 is 16.9 Å². The summed E-state index contributed by atoms with van der Waals surface area (Å²) in [5.41, 5.74) is 0.829. The molecular weight excluding hydrogens is 214 g/mol. The number of piperidine rings is 1. The van der Waals surface area contributed by atoms with Gasteiger partial charge in [0.05, 0.1) is 11.6 Å². The molecule has 0 amide bonds. The van der Waals surface area contributed by atoms with Crippen LogP contribution in [-0.2, 0) is 0 Å². The van der Waals surface area contributed by atoms with Crippen molar-refractivity contribution in [1.82, 2.24) is 20.2 Å². The van der Waals surface area contributed by atoms with E-state index in [1.165, 1.54) is 25.7 Å². The fourth-order valence-electron chi connectivity index (χ4n) is 2.68. The molecule has 0 aliphatic carbocycles. The molecule has 1 fully saturated rings. The molecule has 5 heteroatoms. The normalized spacial score (nSPS) is 21.0. The van der Waals surface area contributed by atoms with Crippen LogP contribution in [0.1, 0.15) is 32.6 Å². The summed E-state index contributed by atoms with van der Waals surface area (Å²) in [5, 5.41) is 7.99. The highest BCUT2D eigenvalue weighted by molar-refractivity contribution is 5.86. The maximum atomic E-state index is 4.46. The third-order valence-electron chi connectivity index (χ3n) is 3.60. The monoisotopic (exact) mass is 231 g/mol. The van der Waals surface area contributed by atoms with Gasteiger partial charge in [-0.05, 0) is 25.7 Å². The molecule has 1 saturated heterocycles. The van der Waals surface area contributed by atoms with Gasteiger partial charge in [0, 0.05) is 12.6 Å². The molecule has 2 aromatic rings. The van der Waals surface area contributed by atoms with Gasteiger partial charge < -0.3 is 4.90 Å². The maximum Gasteiger partial charge on any atom is 0.160 e. The third-order valence-corrected chi connectivity index (χ3v) is 3.60. The lowest BCUT2D eigenvalue weighted by atomic mass is 10.00. The van der Waals surface area contributed by atoms with Gasteiger partial charge in [-0.25, -0.2) is 9.97 Å². The quantitative estimate of drug-likeness (QED) is 0.860. The van der Waals surface area contributed by atoms with Crippen molar-refractivity contribution in [2.75, 3.05) is 11.4 Å². The molecule has 2 aromatic heterocycles. The molecule has 1 unspecified atom stereocenters. The summed E-state index contributed by atoms with van der Waals surface area (Å²) in [4.78, 5) is 11.1. The summed E-state index contributed by atoms with van der Waals surface area (Å²) in [5.74, 6) is 1.04. The van der Waals surface area contributed by atoms with Gasteiger partial charge in [0.25, 0.3) is 0 Å². The van der Waals surface area contributed by atoms with Gasteiger partial charge in [0.15, 0.2) is 5.65 Å². The maximum absolute atomic E-state index is 4.46. The van der Waals surface area contributed by atoms with Crippen molar-refractivity contribution in [3.05, 3.63) is 12.5 Å². The second-order valence-corrected chi connectivity index (χ2v) is 4.58. The number of rotatable bonds is 2. The fraction of sp³-hybridized carbons (Fsp3) is 0.583. The van der Waals surface area contributed by atoms with Crippen LogP contribution in [0.3, 0.4) is 0 Å². The Morgan fingerprint density at radius 1 is 1.41 bits per heavy atom. The summed E-state index contributed by atoms with van der Waals surface area (Å²) < 4.78 is 0. The number of aromatic nitrogens is 4. The highest BCUT2D eigenvalue weighted by atomic mass is 15.2. The first kappa shape index (κ1) is 10.5. The fourth-order valence-corrected chi connectivity index (χ4v) is 2.68. The number of H-pyrrole nitrogens is 1. The summed E-state index contributed by atoms with van der Waals surface area (Å²) >= 11 is 0. The lowest BCUT2D eigenvalue weighted by molar-refractivity contribution is 0.448. The lowest BCUT2D eigenvalue weighted by Crippen LogP contribution is -2.39. The first-order chi connectivity index (χ1) is 8.40. The van der Waals surface area contributed by atoms with Crippen LogP contribution >= 0.6 is 0 Å². The minimum absolute atomic E-state index is 0.608. The van der Waals surface area contributed by atoms with Crippen LogP contribution < -0.4 is 4.90 Å². The van der Waals surface area contributed by atoms with Crippen molar-refractivity contribution < 1.29 is 0 Å². The Bertz CT molecular complexity index is 506. The van der Waals surface area contributed by atoms with Crippen LogP contribution in [0.4, 0.5) is 5.82 Å². The van der Waals surface area contributed by atoms with Crippen LogP contribution in [0.5, 0.6) is 0 Å². The van der Waals surface area contributed by atoms with Crippen LogP contribution in [0, 0.1) is 0 Å². The minimum atomic E-state index is 0.608. The van der Waals surface area contributed by atoms with E-state index < -0.39 is 0 Å². The number of nitrogens with zero attached hydrogens (tertiary/aromatic N) is 4. The molecule has 0 aromatic carbocycles. The minimum Gasteiger partial charge on any atom is -0.353 e. The zero-order chi connectivity index (χ0) is 11.7. The topological polar surface area (TPSA) is 57.7 Å². The predicted molar refractivity (Wildman–Crippen MR) is 67.0 cm³/mol. The van der Waals surface area contributed by atoms with Crippen molar-refractivity contribution in [2.24, 2.45) is 0 Å². The van der Waals surface area contributed by atoms with Crippen LogP contribution in [0.25, 0.3) is 11.0 Å². The Hall–Kier alpha value is -1.65. The van der Waals surface area contributed by atoms with E-state index in [0.717, 1.165) is 23.4 Å². The Morgan fingerprint density at radius 3 is 3.24 bits per heavy atom. The molecule has 0 saturated carbocycles. The van der Waals surface area contributed by atoms with Gasteiger partial charge >= 0.3 is 0 Å². The number of nitrogens with one attached hydrogen (secondary N) is 1. The van der Waals surface area contributed by atoms with Gasteiger partial charge in [-0.1, -0.05) is 6.92 Å². The highest BCUT2D eigenvalue weighted by Gasteiger charge is 2.23. The number of fused-ring (bicyclic) bond motifs is 1. The van der Waals surface area contributed by atoms with Crippen LogP contribution in [0.15, 0.2) is 12.5 Å². The van der Waals surface area contributed by atoms with Gasteiger partial charge in [-0.15, -0.1) is 0 Å². The SMILES string of the molecule is CCC1CCCCN1c1ncnc2[nH]ncc12. The van der Waals surface area contributed by atoms with Crippen LogP contribution in [0.2, 0.25) is 0 Å². The average molecular weight is 231 g/mol. The summed E-state index contributed by atoms with van der Waals surface area (Å²) in [6.07, 6.45) is 8.46. The molecular formula is C12H17N5. The Kier molecular flexibility index (Phi) is 2.66. The van der Waals surface area contributed by atoms with Crippen molar-refractivity contribution in [2.45, 2.75) is 38.6 Å². The zero-order valence-corrected chi connectivity index (χ0v) is 10.1. The van der Waals surface area contributed by atoms with E-state index in [1.807, 2.05) is 6.20 Å². The first-order valence-corrected chi connectivity index (χ1v) is 6.31. The van der Waals surface area contributed by atoms with E-state index in [1.54, 1.807) is 6.33 Å². The molecule has 1 N–H and O–H groups in total. The van der Waals surface area contributed by atoms with Gasteiger partial charge in [0.1, 0.15) is 12.1 Å². The third kappa shape index (κ3) is 1.75. The predicted octanol–water partition coefficient (Wildman–Crippen LogP) is 2.12. The highest BCUT2D eigenvalue weighted by Crippen LogP contribution is 2.28. The van der Waals surface area contributed by atoms with Gasteiger partial charge in [0.2, 0.25) is 0 Å². The Morgan fingerprint density at radius 2 is 2.35 bits per heavy atom. The van der Waals surface area contributed by atoms with E-state index in [2.05, 4.69) is 32.0 Å². The molecule has 0 bridgehead atoms. The van der Waals surface area contributed by atoms with Crippen molar-refractivity contribution in [1.29, 1.82) is 0 Å². The number of aromatic amines is 1. The summed E-state index contributed by atoms with van der Waals surface area (Å²) in [6.45, 7) is 3.34. The average Bonchev–Trinajstić information content (AvgIpc) is 2.86. The van der Waals surface area contributed by atoms with E-state index in [0.29, 0.717) is 6.04 Å². The molecule has 3 heterocycles. The van der Waals surface area contributed by atoms with E-state index >= 15 is 0 Å². The zero-order valence-electron chi connectivity index (χ0n) is 10.1. The molecule has 17 heavy (non-hydrogen) atoms. The van der Waals surface area contributed by atoms with Gasteiger partial charge in [-0.3, -0.25) is 5.10 Å². The largest absolute Gasteiger partial charge is 0.353 e. The number of hydrogen-bond donors (Lipinski definition) is 1. The molecule has 0 radical (unpaired) electrons. The molecule has 0 spiro atoms. The van der Waals surface area contributed by atoms with Crippen molar-refractivity contribution in [3.8, 4) is 0 Å². The van der Waals surface area contributed by atoms with Gasteiger partial charge in [-0.2, -0.15) is 5.10 Å². The summed E-state index contributed by atoms with van der Waals surface area (Å²) in [7, 11) is 0. The molecule has 5 nitrogen and oxygen atoms in total. The summed E-state index contributed by atoms with van der Waals surface area (Å²) in [6, 6.07) is 0.608. The molecule has 1 aliphatic rings. The van der Waals surface area contributed by atoms with E-state index in [9.17, 15) is 0 Å². The molecule has 1 aliphatic heterocycles. The second-order valence-electron chi connectivity index (χ2n) is 4.58. The Balaban J connectivity index is 2.04. The first-order valence-electron chi connectivity index (χ1n) is 6.31. The molecule has 1 atom stereocenters. The van der Waals surface area contributed by atoms with E-state index in [4.69, 9.17) is 0 Å². The lowest BCUT2D eigenvalue weighted by Gasteiger charge is -2.36. The van der Waals surface area contributed by atoms with Crippen molar-refractivity contribution in [3.63, 3.8) is 0 Å². The standard InChI is InChI=1S/C12H17N5/c1-2-9-5-3-4-6-17(9)12-10-7-15-16-11(10)13-8-14-12/h7-9H,2-6H2,1H3,(H,13,14,15,16). The number of hydrogen-bond acceptors (Lipinski definition) is 4. The number of anilines is 1. The smallest absolute Gasteiger partial charge is 0.160 e. The molecule has 3 rings (SSSR count).